The first-order chi connectivity index (χ1) is 8.33. The summed E-state index contributed by atoms with van der Waals surface area (Å²) in [5.74, 6) is 0. The lowest BCUT2D eigenvalue weighted by atomic mass is 10.3. The fraction of sp³-hybridized carbons (Fsp3) is 0.818. The third-order valence-electron chi connectivity index (χ3n) is 3.03. The number of aromatic nitrogens is 2. The smallest absolute Gasteiger partial charge is 0.134 e. The van der Waals surface area contributed by atoms with E-state index in [-0.39, 0.29) is 0 Å². The average molecular weight is 256 g/mol. The highest BCUT2D eigenvalue weighted by molar-refractivity contribution is 7.10. The summed E-state index contributed by atoms with van der Waals surface area (Å²) in [4.78, 5) is 2.38. The summed E-state index contributed by atoms with van der Waals surface area (Å²) in [6, 6.07) is 0. The molecule has 1 aliphatic rings. The Morgan fingerprint density at radius 1 is 1.59 bits per heavy atom. The first-order valence-electron chi connectivity index (χ1n) is 6.13. The van der Waals surface area contributed by atoms with Gasteiger partial charge in [-0.25, -0.2) is 0 Å². The van der Waals surface area contributed by atoms with Crippen LogP contribution in [0, 0.1) is 0 Å². The van der Waals surface area contributed by atoms with Crippen molar-refractivity contribution in [1.29, 1.82) is 0 Å². The molecule has 6 heteroatoms. The molecule has 0 saturated carbocycles. The van der Waals surface area contributed by atoms with Crippen LogP contribution in [-0.4, -0.2) is 47.3 Å². The van der Waals surface area contributed by atoms with Crippen LogP contribution in [0.15, 0.2) is 0 Å². The molecule has 96 valence electrons. The number of hydrogen-bond donors (Lipinski definition) is 1. The van der Waals surface area contributed by atoms with Crippen LogP contribution in [0.25, 0.3) is 0 Å². The zero-order valence-corrected chi connectivity index (χ0v) is 11.3. The molecule has 5 nitrogen and oxygen atoms in total. The van der Waals surface area contributed by atoms with Gasteiger partial charge in [-0.2, -0.15) is 0 Å². The molecule has 2 heterocycles. The van der Waals surface area contributed by atoms with Gasteiger partial charge >= 0.3 is 0 Å². The second-order valence-corrected chi connectivity index (χ2v) is 5.11. The second-order valence-electron chi connectivity index (χ2n) is 4.36. The molecule has 0 radical (unpaired) electrons. The number of anilines is 1. The Labute approximate surface area is 106 Å². The summed E-state index contributed by atoms with van der Waals surface area (Å²) in [5.41, 5.74) is 1.07. The van der Waals surface area contributed by atoms with Crippen LogP contribution in [0.4, 0.5) is 5.00 Å². The molecule has 17 heavy (non-hydrogen) atoms. The van der Waals surface area contributed by atoms with Crippen molar-refractivity contribution in [2.75, 3.05) is 32.1 Å². The first-order valence-corrected chi connectivity index (χ1v) is 6.91. The quantitative estimate of drug-likeness (QED) is 0.837. The molecule has 2 rings (SSSR count). The number of methoxy groups -OCH3 is 1. The van der Waals surface area contributed by atoms with Crippen LogP contribution in [0.5, 0.6) is 0 Å². The van der Waals surface area contributed by atoms with E-state index >= 15 is 0 Å². The van der Waals surface area contributed by atoms with Crippen molar-refractivity contribution < 1.29 is 4.74 Å². The molecule has 1 N–H and O–H groups in total. The number of nitrogens with one attached hydrogen (secondary N) is 1. The van der Waals surface area contributed by atoms with Gasteiger partial charge in [0.1, 0.15) is 10.7 Å². The minimum atomic E-state index is 0.383. The van der Waals surface area contributed by atoms with Gasteiger partial charge in [-0.3, -0.25) is 4.90 Å². The molecule has 1 aromatic heterocycles. The van der Waals surface area contributed by atoms with Gasteiger partial charge < -0.3 is 10.1 Å². The minimum absolute atomic E-state index is 0.383. The topological polar surface area (TPSA) is 50.3 Å². The fourth-order valence-corrected chi connectivity index (χ4v) is 2.63. The van der Waals surface area contributed by atoms with Gasteiger partial charge in [0, 0.05) is 44.8 Å². The van der Waals surface area contributed by atoms with Crippen molar-refractivity contribution in [3.63, 3.8) is 0 Å². The van der Waals surface area contributed by atoms with Gasteiger partial charge in [-0.1, -0.05) is 11.4 Å². The van der Waals surface area contributed by atoms with Gasteiger partial charge in [0.25, 0.3) is 0 Å². The maximum atomic E-state index is 5.36. The lowest BCUT2D eigenvalue weighted by Gasteiger charge is -2.14. The summed E-state index contributed by atoms with van der Waals surface area (Å²) in [5, 5.41) is 8.70. The molecule has 1 aliphatic heterocycles. The van der Waals surface area contributed by atoms with Crippen LogP contribution in [0.1, 0.15) is 25.5 Å². The van der Waals surface area contributed by atoms with E-state index in [0.29, 0.717) is 6.10 Å². The molecule has 0 amide bonds. The molecule has 0 bridgehead atoms. The Hall–Kier alpha value is -0.720. The van der Waals surface area contributed by atoms with E-state index in [9.17, 15) is 0 Å². The SMILES string of the molecule is CCCNc1snnc1CN1CCC(OC)C1. The van der Waals surface area contributed by atoms with E-state index in [4.69, 9.17) is 4.74 Å². The molecule has 0 spiro atoms. The summed E-state index contributed by atoms with van der Waals surface area (Å²) in [6.45, 7) is 6.11. The number of hydrogen-bond acceptors (Lipinski definition) is 6. The minimum Gasteiger partial charge on any atom is -0.380 e. The standard InChI is InChI=1S/C11H20N4OS/c1-3-5-12-11-10(13-14-17-11)8-15-6-4-9(7-15)16-2/h9,12H,3-8H2,1-2H3. The summed E-state index contributed by atoms with van der Waals surface area (Å²) >= 11 is 1.45. The van der Waals surface area contributed by atoms with Gasteiger partial charge in [0.15, 0.2) is 0 Å². The molecule has 0 aromatic carbocycles. The van der Waals surface area contributed by atoms with Crippen molar-refractivity contribution in [1.82, 2.24) is 14.5 Å². The molecular weight excluding hydrogens is 236 g/mol. The van der Waals surface area contributed by atoms with Crippen molar-refractivity contribution in [3.8, 4) is 0 Å². The predicted molar refractivity (Wildman–Crippen MR) is 69.4 cm³/mol. The van der Waals surface area contributed by atoms with Crippen molar-refractivity contribution in [2.45, 2.75) is 32.4 Å². The van der Waals surface area contributed by atoms with E-state index < -0.39 is 0 Å². The molecule has 1 atom stereocenters. The van der Waals surface area contributed by atoms with E-state index in [0.717, 1.165) is 49.7 Å². The maximum absolute atomic E-state index is 5.36. The summed E-state index contributed by atoms with van der Waals surface area (Å²) in [6.07, 6.45) is 2.62. The number of rotatable bonds is 6. The Bertz CT molecular complexity index is 344. The highest BCUT2D eigenvalue weighted by Gasteiger charge is 2.23. The van der Waals surface area contributed by atoms with Crippen LogP contribution in [-0.2, 0) is 11.3 Å². The third-order valence-corrected chi connectivity index (χ3v) is 3.75. The van der Waals surface area contributed by atoms with Crippen molar-refractivity contribution in [2.24, 2.45) is 0 Å². The molecule has 1 unspecified atom stereocenters. The van der Waals surface area contributed by atoms with Crippen molar-refractivity contribution >= 4 is 16.5 Å². The number of ether oxygens (including phenoxy) is 1. The molecule has 0 aliphatic carbocycles. The molecule has 1 fully saturated rings. The third kappa shape index (κ3) is 3.37. The summed E-state index contributed by atoms with van der Waals surface area (Å²) in [7, 11) is 1.78. The lowest BCUT2D eigenvalue weighted by Crippen LogP contribution is -2.23. The first kappa shape index (κ1) is 12.7. The summed E-state index contributed by atoms with van der Waals surface area (Å²) < 4.78 is 9.39. The average Bonchev–Trinajstić information content (AvgIpc) is 2.96. The van der Waals surface area contributed by atoms with E-state index in [1.807, 2.05) is 0 Å². The molecule has 1 aromatic rings. The van der Waals surface area contributed by atoms with Crippen molar-refractivity contribution in [3.05, 3.63) is 5.69 Å². The van der Waals surface area contributed by atoms with Gasteiger partial charge in [0.2, 0.25) is 0 Å². The number of nitrogens with zero attached hydrogens (tertiary/aromatic N) is 3. The van der Waals surface area contributed by atoms with E-state index in [2.05, 4.69) is 26.7 Å². The highest BCUT2D eigenvalue weighted by Crippen LogP contribution is 2.22. The zero-order valence-electron chi connectivity index (χ0n) is 10.5. The fourth-order valence-electron chi connectivity index (χ4n) is 2.03. The van der Waals surface area contributed by atoms with Crippen LogP contribution < -0.4 is 5.32 Å². The maximum Gasteiger partial charge on any atom is 0.134 e. The highest BCUT2D eigenvalue weighted by atomic mass is 32.1. The Kier molecular flexibility index (Phi) is 4.70. The van der Waals surface area contributed by atoms with Crippen LogP contribution in [0.2, 0.25) is 0 Å². The Morgan fingerprint density at radius 2 is 2.47 bits per heavy atom. The van der Waals surface area contributed by atoms with Gasteiger partial charge in [0.05, 0.1) is 6.10 Å². The number of likely N-dealkylation sites (tertiary alicyclic amines) is 1. The Morgan fingerprint density at radius 3 is 3.18 bits per heavy atom. The van der Waals surface area contributed by atoms with Crippen LogP contribution in [0.3, 0.4) is 0 Å². The lowest BCUT2D eigenvalue weighted by molar-refractivity contribution is 0.107. The predicted octanol–water partition coefficient (Wildman–Crippen LogP) is 1.58. The molecule has 1 saturated heterocycles. The van der Waals surface area contributed by atoms with E-state index in [1.165, 1.54) is 11.5 Å². The second kappa shape index (κ2) is 6.28. The zero-order chi connectivity index (χ0) is 12.1. The molecular formula is C11H20N4OS. The normalized spacial score (nSPS) is 20.9. The Balaban J connectivity index is 1.88. The largest absolute Gasteiger partial charge is 0.380 e. The van der Waals surface area contributed by atoms with Crippen LogP contribution >= 0.6 is 11.5 Å². The van der Waals surface area contributed by atoms with Gasteiger partial charge in [-0.15, -0.1) is 5.10 Å². The van der Waals surface area contributed by atoms with E-state index in [1.54, 1.807) is 7.11 Å². The van der Waals surface area contributed by atoms with Gasteiger partial charge in [-0.05, 0) is 12.8 Å². The monoisotopic (exact) mass is 256 g/mol.